The monoisotopic (exact) mass is 379 g/mol. The molecule has 1 N–H and O–H groups in total. The number of carbonyl (C=O) groups is 1. The Morgan fingerprint density at radius 2 is 1.96 bits per heavy atom. The molecule has 1 saturated heterocycles. The van der Waals surface area contributed by atoms with Gasteiger partial charge in [0.1, 0.15) is 34.9 Å². The van der Waals surface area contributed by atoms with Crippen LogP contribution in [-0.2, 0) is 0 Å². The van der Waals surface area contributed by atoms with Gasteiger partial charge in [0.15, 0.2) is 0 Å². The van der Waals surface area contributed by atoms with E-state index in [1.807, 2.05) is 0 Å². The van der Waals surface area contributed by atoms with Crippen LogP contribution in [0.3, 0.4) is 0 Å². The Kier molecular flexibility index (Phi) is 5.65. The van der Waals surface area contributed by atoms with E-state index in [0.717, 1.165) is 19.4 Å². The number of amides is 1. The van der Waals surface area contributed by atoms with Crippen molar-refractivity contribution < 1.29 is 22.7 Å². The number of anilines is 1. The third-order valence-electron chi connectivity index (χ3n) is 4.65. The van der Waals surface area contributed by atoms with Gasteiger partial charge in [0.25, 0.3) is 5.91 Å². The summed E-state index contributed by atoms with van der Waals surface area (Å²) in [6.07, 6.45) is 1.70. The maximum Gasteiger partial charge on any atom is 0.262 e. The number of carbonyl (C=O) groups excluding carboxylic acids is 1. The summed E-state index contributed by atoms with van der Waals surface area (Å²) in [6.45, 7) is 3.02. The van der Waals surface area contributed by atoms with Gasteiger partial charge in [-0.2, -0.15) is 4.98 Å². The Morgan fingerprint density at radius 3 is 2.63 bits per heavy atom. The van der Waals surface area contributed by atoms with Crippen LogP contribution in [-0.4, -0.2) is 41.5 Å². The van der Waals surface area contributed by atoms with E-state index in [4.69, 9.17) is 4.74 Å². The van der Waals surface area contributed by atoms with Crippen LogP contribution in [0.4, 0.5) is 19.0 Å². The van der Waals surface area contributed by atoms with Gasteiger partial charge in [0.05, 0.1) is 0 Å². The first-order valence-electron chi connectivity index (χ1n) is 8.63. The van der Waals surface area contributed by atoms with Gasteiger partial charge in [-0.05, 0) is 32.9 Å². The highest BCUT2D eigenvalue weighted by molar-refractivity contribution is 6.04. The molecule has 1 fully saturated rings. The van der Waals surface area contributed by atoms with E-state index in [1.165, 1.54) is 6.07 Å². The second-order valence-electron chi connectivity index (χ2n) is 6.65. The number of halogens is 3. The lowest BCUT2D eigenvalue weighted by molar-refractivity contribution is 0.0760. The first-order chi connectivity index (χ1) is 12.8. The number of ether oxygens (including phenoxy) is 1. The zero-order valence-electron chi connectivity index (χ0n) is 15.0. The topological polar surface area (TPSA) is 54.5 Å². The van der Waals surface area contributed by atoms with Gasteiger partial charge in [-0.25, -0.2) is 13.2 Å². The molecule has 1 aliphatic rings. The predicted molar refractivity (Wildman–Crippen MR) is 94.2 cm³/mol. The number of hydrogen-bond donors (Lipinski definition) is 1. The van der Waals surface area contributed by atoms with Crippen LogP contribution in [0.2, 0.25) is 0 Å². The minimum absolute atomic E-state index is 0.00152. The van der Waals surface area contributed by atoms with Crippen LogP contribution in [0.1, 0.15) is 30.1 Å². The molecule has 1 amide bonds. The van der Waals surface area contributed by atoms with Crippen LogP contribution in [0.5, 0.6) is 5.88 Å². The summed E-state index contributed by atoms with van der Waals surface area (Å²) >= 11 is 0. The van der Waals surface area contributed by atoms with Crippen LogP contribution in [0.15, 0.2) is 30.3 Å². The molecule has 3 rings (SSSR count). The molecule has 27 heavy (non-hydrogen) atoms. The minimum Gasteiger partial charge on any atom is -0.474 e. The van der Waals surface area contributed by atoms with Gasteiger partial charge in [0.2, 0.25) is 5.88 Å². The first-order valence-corrected chi connectivity index (χ1v) is 8.63. The van der Waals surface area contributed by atoms with Crippen LogP contribution < -0.4 is 10.1 Å². The summed E-state index contributed by atoms with van der Waals surface area (Å²) in [6, 6.07) is 6.03. The molecule has 1 aromatic heterocycles. The lowest BCUT2D eigenvalue weighted by Crippen LogP contribution is -2.42. The number of piperidine rings is 1. The van der Waals surface area contributed by atoms with E-state index in [1.54, 1.807) is 12.1 Å². The van der Waals surface area contributed by atoms with Crippen molar-refractivity contribution in [2.75, 3.05) is 18.9 Å². The Bertz CT molecular complexity index is 824. The standard InChI is InChI=1S/C19H20F3N3O2/c1-11-8-13(6-7-25(11)2)27-17-5-3-4-16(23-17)24-19(26)18-14(21)9-12(20)10-15(18)22/h3-5,9-11,13H,6-8H2,1-2H3,(H,23,24,26)/t11-,13-/m1/s1. The highest BCUT2D eigenvalue weighted by Gasteiger charge is 2.24. The third-order valence-corrected chi connectivity index (χ3v) is 4.65. The van der Waals surface area contributed by atoms with E-state index in [0.29, 0.717) is 24.1 Å². The molecule has 0 aliphatic carbocycles. The molecule has 0 spiro atoms. The SMILES string of the molecule is C[C@@H]1C[C@H](Oc2cccc(NC(=O)c3c(F)cc(F)cc3F)n2)CCN1C. The van der Waals surface area contributed by atoms with Gasteiger partial charge in [-0.1, -0.05) is 6.07 Å². The molecular formula is C19H20F3N3O2. The zero-order chi connectivity index (χ0) is 19.6. The van der Waals surface area contributed by atoms with Crippen molar-refractivity contribution in [3.8, 4) is 5.88 Å². The smallest absolute Gasteiger partial charge is 0.262 e. The number of nitrogens with one attached hydrogen (secondary N) is 1. The molecule has 144 valence electrons. The average Bonchev–Trinajstić information content (AvgIpc) is 2.57. The second-order valence-corrected chi connectivity index (χ2v) is 6.65. The fourth-order valence-corrected chi connectivity index (χ4v) is 3.01. The number of hydrogen-bond acceptors (Lipinski definition) is 4. The molecule has 0 bridgehead atoms. The van der Waals surface area contributed by atoms with E-state index in [9.17, 15) is 18.0 Å². The number of likely N-dealkylation sites (tertiary alicyclic amines) is 1. The molecule has 0 unspecified atom stereocenters. The lowest BCUT2D eigenvalue weighted by Gasteiger charge is -2.34. The van der Waals surface area contributed by atoms with Gasteiger partial charge in [-0.15, -0.1) is 0 Å². The minimum atomic E-state index is -1.28. The maximum atomic E-state index is 13.7. The van der Waals surface area contributed by atoms with Crippen molar-refractivity contribution in [1.29, 1.82) is 0 Å². The quantitative estimate of drug-likeness (QED) is 0.882. The molecule has 2 heterocycles. The van der Waals surface area contributed by atoms with Crippen molar-refractivity contribution in [1.82, 2.24) is 9.88 Å². The molecule has 8 heteroatoms. The van der Waals surface area contributed by atoms with E-state index >= 15 is 0 Å². The van der Waals surface area contributed by atoms with E-state index in [-0.39, 0.29) is 11.9 Å². The number of rotatable bonds is 4. The van der Waals surface area contributed by atoms with E-state index < -0.39 is 28.9 Å². The lowest BCUT2D eigenvalue weighted by atomic mass is 10.0. The molecule has 1 aliphatic heterocycles. The molecule has 0 saturated carbocycles. The zero-order valence-corrected chi connectivity index (χ0v) is 15.0. The van der Waals surface area contributed by atoms with Crippen LogP contribution in [0.25, 0.3) is 0 Å². The highest BCUT2D eigenvalue weighted by atomic mass is 19.1. The van der Waals surface area contributed by atoms with Crippen molar-refractivity contribution in [3.63, 3.8) is 0 Å². The third kappa shape index (κ3) is 4.57. The normalized spacial score (nSPS) is 20.3. The Labute approximate surface area is 155 Å². The first kappa shape index (κ1) is 19.2. The highest BCUT2D eigenvalue weighted by Crippen LogP contribution is 2.22. The number of pyridine rings is 1. The number of benzene rings is 1. The number of nitrogens with zero attached hydrogens (tertiary/aromatic N) is 2. The maximum absolute atomic E-state index is 13.7. The number of aromatic nitrogens is 1. The molecule has 5 nitrogen and oxygen atoms in total. The van der Waals surface area contributed by atoms with Crippen LogP contribution in [0, 0.1) is 17.5 Å². The van der Waals surface area contributed by atoms with Crippen molar-refractivity contribution >= 4 is 11.7 Å². The Hall–Kier alpha value is -2.61. The molecule has 0 radical (unpaired) electrons. The Morgan fingerprint density at radius 1 is 1.26 bits per heavy atom. The molecular weight excluding hydrogens is 359 g/mol. The second kappa shape index (κ2) is 7.96. The summed E-state index contributed by atoms with van der Waals surface area (Å²) in [7, 11) is 2.06. The van der Waals surface area contributed by atoms with Gasteiger partial charge < -0.3 is 15.0 Å². The van der Waals surface area contributed by atoms with Gasteiger partial charge >= 0.3 is 0 Å². The fourth-order valence-electron chi connectivity index (χ4n) is 3.01. The molecule has 2 aromatic rings. The van der Waals surface area contributed by atoms with Gasteiger partial charge in [0, 0.05) is 30.8 Å². The largest absolute Gasteiger partial charge is 0.474 e. The predicted octanol–water partition coefficient (Wildman–Crippen LogP) is 3.61. The van der Waals surface area contributed by atoms with Gasteiger partial charge in [-0.3, -0.25) is 4.79 Å². The van der Waals surface area contributed by atoms with E-state index in [2.05, 4.69) is 29.2 Å². The summed E-state index contributed by atoms with van der Waals surface area (Å²) in [5.74, 6) is -4.31. The fraction of sp³-hybridized carbons (Fsp3) is 0.368. The summed E-state index contributed by atoms with van der Waals surface area (Å²) < 4.78 is 46.3. The average molecular weight is 379 g/mol. The summed E-state index contributed by atoms with van der Waals surface area (Å²) in [5.41, 5.74) is -0.867. The molecule has 1 aromatic carbocycles. The molecule has 2 atom stereocenters. The summed E-state index contributed by atoms with van der Waals surface area (Å²) in [4.78, 5) is 18.6. The van der Waals surface area contributed by atoms with Crippen molar-refractivity contribution in [2.24, 2.45) is 0 Å². The van der Waals surface area contributed by atoms with Crippen molar-refractivity contribution in [2.45, 2.75) is 31.9 Å². The summed E-state index contributed by atoms with van der Waals surface area (Å²) in [5, 5.41) is 2.31. The Balaban J connectivity index is 1.70. The van der Waals surface area contributed by atoms with Crippen molar-refractivity contribution in [3.05, 3.63) is 53.3 Å². The van der Waals surface area contributed by atoms with Crippen LogP contribution >= 0.6 is 0 Å².